The molecule has 1 atom stereocenters. The first kappa shape index (κ1) is 9.34. The van der Waals surface area contributed by atoms with Crippen molar-refractivity contribution in [3.63, 3.8) is 0 Å². The Bertz CT molecular complexity index is 314. The number of hydrogen-bond acceptors (Lipinski definition) is 3. The lowest BCUT2D eigenvalue weighted by Crippen LogP contribution is -2.10. The lowest BCUT2D eigenvalue weighted by molar-refractivity contribution is 0.446. The van der Waals surface area contributed by atoms with Gasteiger partial charge in [0.2, 0.25) is 0 Å². The van der Waals surface area contributed by atoms with Gasteiger partial charge < -0.3 is 15.9 Å². The van der Waals surface area contributed by atoms with Gasteiger partial charge in [-0.15, -0.1) is 0 Å². The molecule has 0 bridgehead atoms. The van der Waals surface area contributed by atoms with Crippen LogP contribution in [0.2, 0.25) is 0 Å². The fourth-order valence-corrected chi connectivity index (χ4v) is 1.68. The maximum Gasteiger partial charge on any atom is 0.119 e. The first-order chi connectivity index (χ1) is 6.65. The number of rotatable bonds is 3. The molecule has 0 radical (unpaired) electrons. The monoisotopic (exact) mass is 193 g/mol. The van der Waals surface area contributed by atoms with E-state index >= 15 is 0 Å². The lowest BCUT2D eigenvalue weighted by atomic mass is 10.0. The zero-order valence-electron chi connectivity index (χ0n) is 7.98. The molecule has 4 N–H and O–H groups in total. The average Bonchev–Trinajstić information content (AvgIpc) is 2.86. The summed E-state index contributed by atoms with van der Waals surface area (Å²) >= 11 is 0. The Morgan fingerprint density at radius 3 is 2.29 bits per heavy atom. The van der Waals surface area contributed by atoms with E-state index in [9.17, 15) is 10.2 Å². The molecular formula is C11H15NO2. The molecule has 0 heterocycles. The summed E-state index contributed by atoms with van der Waals surface area (Å²) in [7, 11) is 0. The molecule has 0 amide bonds. The molecule has 76 valence electrons. The quantitative estimate of drug-likeness (QED) is 0.686. The van der Waals surface area contributed by atoms with Gasteiger partial charge in [-0.1, -0.05) is 12.8 Å². The molecule has 3 nitrogen and oxygen atoms in total. The number of hydrogen-bond donors (Lipinski definition) is 3. The third-order valence-corrected chi connectivity index (χ3v) is 2.64. The Morgan fingerprint density at radius 1 is 1.21 bits per heavy atom. The first-order valence-corrected chi connectivity index (χ1v) is 4.93. The van der Waals surface area contributed by atoms with Gasteiger partial charge in [-0.2, -0.15) is 0 Å². The highest BCUT2D eigenvalue weighted by Gasteiger charge is 2.24. The van der Waals surface area contributed by atoms with E-state index in [4.69, 9.17) is 5.73 Å². The van der Waals surface area contributed by atoms with E-state index in [1.54, 1.807) is 12.1 Å². The van der Waals surface area contributed by atoms with Gasteiger partial charge in [0.15, 0.2) is 0 Å². The zero-order chi connectivity index (χ0) is 10.1. The van der Waals surface area contributed by atoms with E-state index in [0.29, 0.717) is 0 Å². The summed E-state index contributed by atoms with van der Waals surface area (Å²) in [5.74, 6) is 0.895. The molecule has 1 aliphatic carbocycles. The van der Waals surface area contributed by atoms with Crippen molar-refractivity contribution in [3.05, 3.63) is 23.8 Å². The molecule has 0 unspecified atom stereocenters. The van der Waals surface area contributed by atoms with Crippen molar-refractivity contribution in [2.24, 2.45) is 11.7 Å². The van der Waals surface area contributed by atoms with Gasteiger partial charge in [0, 0.05) is 12.1 Å². The largest absolute Gasteiger partial charge is 0.508 e. The minimum atomic E-state index is -0.0690. The van der Waals surface area contributed by atoms with Gasteiger partial charge in [0.25, 0.3) is 0 Å². The van der Waals surface area contributed by atoms with Crippen molar-refractivity contribution >= 4 is 0 Å². The maximum absolute atomic E-state index is 9.28. The Balaban J connectivity index is 2.12. The molecule has 1 aromatic rings. The molecule has 1 aromatic carbocycles. The highest BCUT2D eigenvalue weighted by atomic mass is 16.3. The SMILES string of the molecule is N[C@@H](CC1CC1)c1cc(O)cc(O)c1. The number of phenols is 2. The molecule has 0 spiro atoms. The van der Waals surface area contributed by atoms with Crippen molar-refractivity contribution in [2.75, 3.05) is 0 Å². The first-order valence-electron chi connectivity index (χ1n) is 4.93. The van der Waals surface area contributed by atoms with Crippen molar-refractivity contribution in [3.8, 4) is 11.5 Å². The molecule has 1 saturated carbocycles. The third kappa shape index (κ3) is 2.17. The summed E-state index contributed by atoms with van der Waals surface area (Å²) in [6.07, 6.45) is 3.47. The van der Waals surface area contributed by atoms with Crippen LogP contribution in [0.25, 0.3) is 0 Å². The van der Waals surface area contributed by atoms with E-state index < -0.39 is 0 Å². The molecule has 1 aliphatic rings. The van der Waals surface area contributed by atoms with Crippen molar-refractivity contribution < 1.29 is 10.2 Å². The van der Waals surface area contributed by atoms with Crippen LogP contribution < -0.4 is 5.73 Å². The average molecular weight is 193 g/mol. The molecule has 1 fully saturated rings. The molecule has 0 aliphatic heterocycles. The van der Waals surface area contributed by atoms with Gasteiger partial charge in [-0.25, -0.2) is 0 Å². The minimum Gasteiger partial charge on any atom is -0.508 e. The molecular weight excluding hydrogens is 178 g/mol. The number of aromatic hydroxyl groups is 2. The smallest absolute Gasteiger partial charge is 0.119 e. The van der Waals surface area contributed by atoms with Crippen LogP contribution in [0.15, 0.2) is 18.2 Å². The molecule has 0 saturated heterocycles. The summed E-state index contributed by atoms with van der Waals surface area (Å²) in [6, 6.07) is 4.48. The zero-order valence-corrected chi connectivity index (χ0v) is 7.98. The van der Waals surface area contributed by atoms with Crippen LogP contribution in [0.5, 0.6) is 11.5 Å². The minimum absolute atomic E-state index is 0.0690. The van der Waals surface area contributed by atoms with E-state index in [0.717, 1.165) is 17.9 Å². The van der Waals surface area contributed by atoms with E-state index in [-0.39, 0.29) is 17.5 Å². The maximum atomic E-state index is 9.28. The van der Waals surface area contributed by atoms with Crippen LogP contribution in [-0.2, 0) is 0 Å². The van der Waals surface area contributed by atoms with E-state index in [2.05, 4.69) is 0 Å². The topological polar surface area (TPSA) is 66.5 Å². The Hall–Kier alpha value is -1.22. The van der Waals surface area contributed by atoms with Gasteiger partial charge in [0.1, 0.15) is 11.5 Å². The predicted octanol–water partition coefficient (Wildman–Crippen LogP) is 1.90. The standard InChI is InChI=1S/C11H15NO2/c12-11(3-7-1-2-7)8-4-9(13)6-10(14)5-8/h4-7,11,13-14H,1-3,12H2/t11-/m0/s1. The van der Waals surface area contributed by atoms with E-state index in [1.807, 2.05) is 0 Å². The number of phenolic OH excluding ortho intramolecular Hbond substituents is 2. The highest BCUT2D eigenvalue weighted by Crippen LogP contribution is 2.37. The predicted molar refractivity (Wildman–Crippen MR) is 54.0 cm³/mol. The lowest BCUT2D eigenvalue weighted by Gasteiger charge is -2.11. The van der Waals surface area contributed by atoms with Gasteiger partial charge in [0.05, 0.1) is 0 Å². The number of nitrogens with two attached hydrogens (primary N) is 1. The second-order valence-corrected chi connectivity index (χ2v) is 4.07. The highest BCUT2D eigenvalue weighted by molar-refractivity contribution is 5.38. The summed E-state index contributed by atoms with van der Waals surface area (Å²) in [5.41, 5.74) is 6.77. The Labute approximate surface area is 83.2 Å². The summed E-state index contributed by atoms with van der Waals surface area (Å²) in [4.78, 5) is 0. The second-order valence-electron chi connectivity index (χ2n) is 4.07. The summed E-state index contributed by atoms with van der Waals surface area (Å²) < 4.78 is 0. The molecule has 2 rings (SSSR count). The normalized spacial score (nSPS) is 18.1. The van der Waals surface area contributed by atoms with Crippen LogP contribution in [0.4, 0.5) is 0 Å². The van der Waals surface area contributed by atoms with Gasteiger partial charge in [-0.3, -0.25) is 0 Å². The molecule has 0 aromatic heterocycles. The van der Waals surface area contributed by atoms with E-state index in [1.165, 1.54) is 18.9 Å². The Morgan fingerprint density at radius 2 is 1.79 bits per heavy atom. The van der Waals surface area contributed by atoms with Crippen LogP contribution >= 0.6 is 0 Å². The van der Waals surface area contributed by atoms with Crippen LogP contribution in [-0.4, -0.2) is 10.2 Å². The fraction of sp³-hybridized carbons (Fsp3) is 0.455. The molecule has 3 heteroatoms. The Kier molecular flexibility index (Phi) is 2.33. The van der Waals surface area contributed by atoms with Crippen LogP contribution in [0, 0.1) is 5.92 Å². The molecule has 14 heavy (non-hydrogen) atoms. The van der Waals surface area contributed by atoms with Crippen molar-refractivity contribution in [2.45, 2.75) is 25.3 Å². The van der Waals surface area contributed by atoms with Gasteiger partial charge >= 0.3 is 0 Å². The fourth-order valence-electron chi connectivity index (χ4n) is 1.68. The second kappa shape index (κ2) is 3.50. The van der Waals surface area contributed by atoms with Gasteiger partial charge in [-0.05, 0) is 30.0 Å². The van der Waals surface area contributed by atoms with Crippen LogP contribution in [0.1, 0.15) is 30.9 Å². The summed E-state index contributed by atoms with van der Waals surface area (Å²) in [5, 5.41) is 18.6. The third-order valence-electron chi connectivity index (χ3n) is 2.64. The van der Waals surface area contributed by atoms with Crippen molar-refractivity contribution in [1.82, 2.24) is 0 Å². The van der Waals surface area contributed by atoms with Crippen molar-refractivity contribution in [1.29, 1.82) is 0 Å². The summed E-state index contributed by atoms with van der Waals surface area (Å²) in [6.45, 7) is 0. The number of benzene rings is 1. The van der Waals surface area contributed by atoms with Crippen LogP contribution in [0.3, 0.4) is 0 Å².